The molecular formula is C7H14O2S2. The Kier molecular flexibility index (Phi) is 6.96. The number of hydrogen-bond donors (Lipinski definition) is 1. The number of thiol groups is 1. The highest BCUT2D eigenvalue weighted by molar-refractivity contribution is 7.98. The third-order valence-electron chi connectivity index (χ3n) is 1.03. The van der Waals surface area contributed by atoms with Gasteiger partial charge in [0.05, 0.1) is 0 Å². The van der Waals surface area contributed by atoms with Crippen molar-refractivity contribution in [1.82, 2.24) is 0 Å². The first-order chi connectivity index (χ1) is 5.16. The molecule has 1 atom stereocenters. The van der Waals surface area contributed by atoms with E-state index in [0.717, 1.165) is 12.2 Å². The van der Waals surface area contributed by atoms with Crippen LogP contribution in [0.5, 0.6) is 0 Å². The third kappa shape index (κ3) is 8.07. The average Bonchev–Trinajstić information content (AvgIpc) is 1.86. The molecule has 0 aliphatic heterocycles. The van der Waals surface area contributed by atoms with Crippen LogP contribution in [-0.2, 0) is 9.53 Å². The first-order valence-electron chi connectivity index (χ1n) is 3.53. The van der Waals surface area contributed by atoms with Crippen LogP contribution >= 0.6 is 24.4 Å². The number of thioether (sulfide) groups is 1. The molecule has 0 rings (SSSR count). The van der Waals surface area contributed by atoms with Crippen LogP contribution in [0.4, 0.5) is 0 Å². The molecule has 0 saturated carbocycles. The average molecular weight is 194 g/mol. The summed E-state index contributed by atoms with van der Waals surface area (Å²) in [6.45, 7) is 1.73. The predicted molar refractivity (Wildman–Crippen MR) is 52.2 cm³/mol. The molecule has 0 N–H and O–H groups in total. The zero-order valence-electron chi connectivity index (χ0n) is 6.87. The summed E-state index contributed by atoms with van der Waals surface area (Å²) >= 11 is 5.67. The van der Waals surface area contributed by atoms with Crippen molar-refractivity contribution in [2.24, 2.45) is 0 Å². The van der Waals surface area contributed by atoms with Crippen LogP contribution in [0.1, 0.15) is 19.8 Å². The Bertz CT molecular complexity index is 115. The Morgan fingerprint density at radius 1 is 1.73 bits per heavy atom. The van der Waals surface area contributed by atoms with E-state index in [1.165, 1.54) is 0 Å². The van der Waals surface area contributed by atoms with Crippen molar-refractivity contribution in [2.45, 2.75) is 25.2 Å². The van der Waals surface area contributed by atoms with Gasteiger partial charge in [0, 0.05) is 6.42 Å². The number of rotatable bonds is 5. The summed E-state index contributed by atoms with van der Waals surface area (Å²) in [5, 5.41) is 0. The molecule has 0 radical (unpaired) electrons. The highest BCUT2D eigenvalue weighted by Crippen LogP contribution is 2.03. The lowest BCUT2D eigenvalue weighted by Gasteiger charge is -2.05. The molecular weight excluding hydrogens is 180 g/mol. The maximum atomic E-state index is 10.8. The van der Waals surface area contributed by atoms with Gasteiger partial charge >= 0.3 is 5.97 Å². The second-order valence-electron chi connectivity index (χ2n) is 2.19. The Balaban J connectivity index is 3.23. The molecule has 0 aromatic carbocycles. The Hall–Kier alpha value is 0.170. The second-order valence-corrected chi connectivity index (χ2v) is 3.90. The molecule has 2 nitrogen and oxygen atoms in total. The first kappa shape index (κ1) is 11.2. The molecule has 66 valence electrons. The molecule has 0 fully saturated rings. The molecule has 0 bridgehead atoms. The minimum atomic E-state index is -0.281. The smallest absolute Gasteiger partial charge is 0.306 e. The standard InChI is InChI=1S/C7H14O2S2/c1-6(10)9-7(8)4-3-5-11-2/h6,10H,3-5H2,1-2H3. The van der Waals surface area contributed by atoms with Gasteiger partial charge in [-0.1, -0.05) is 0 Å². The summed E-state index contributed by atoms with van der Waals surface area (Å²) in [6, 6.07) is 0. The van der Waals surface area contributed by atoms with Gasteiger partial charge < -0.3 is 4.74 Å². The lowest BCUT2D eigenvalue weighted by Crippen LogP contribution is -2.09. The Labute approximate surface area is 77.5 Å². The first-order valence-corrected chi connectivity index (χ1v) is 5.44. The van der Waals surface area contributed by atoms with Crippen LogP contribution in [0.3, 0.4) is 0 Å². The van der Waals surface area contributed by atoms with E-state index < -0.39 is 0 Å². The van der Waals surface area contributed by atoms with E-state index in [0.29, 0.717) is 6.42 Å². The maximum absolute atomic E-state index is 10.8. The molecule has 0 aliphatic rings. The maximum Gasteiger partial charge on any atom is 0.306 e. The molecule has 0 saturated heterocycles. The summed E-state index contributed by atoms with van der Waals surface area (Å²) in [6.07, 6.45) is 3.42. The highest BCUT2D eigenvalue weighted by Gasteiger charge is 2.04. The van der Waals surface area contributed by atoms with E-state index in [1.54, 1.807) is 18.7 Å². The summed E-state index contributed by atoms with van der Waals surface area (Å²) < 4.78 is 4.81. The monoisotopic (exact) mass is 194 g/mol. The van der Waals surface area contributed by atoms with E-state index in [2.05, 4.69) is 12.6 Å². The van der Waals surface area contributed by atoms with Crippen molar-refractivity contribution < 1.29 is 9.53 Å². The molecule has 0 spiro atoms. The minimum absolute atomic E-state index is 0.151. The van der Waals surface area contributed by atoms with E-state index >= 15 is 0 Å². The topological polar surface area (TPSA) is 26.3 Å². The van der Waals surface area contributed by atoms with Crippen molar-refractivity contribution in [3.8, 4) is 0 Å². The molecule has 0 aromatic rings. The fourth-order valence-corrected chi connectivity index (χ4v) is 1.16. The molecule has 0 aromatic heterocycles. The fraction of sp³-hybridized carbons (Fsp3) is 0.857. The van der Waals surface area contributed by atoms with Crippen molar-refractivity contribution in [2.75, 3.05) is 12.0 Å². The molecule has 0 heterocycles. The van der Waals surface area contributed by atoms with Crippen molar-refractivity contribution >= 4 is 30.4 Å². The number of ether oxygens (including phenoxy) is 1. The fourth-order valence-electron chi connectivity index (χ4n) is 0.610. The summed E-state index contributed by atoms with van der Waals surface area (Å²) in [5.74, 6) is 0.859. The van der Waals surface area contributed by atoms with Gasteiger partial charge in [0.25, 0.3) is 0 Å². The van der Waals surface area contributed by atoms with Gasteiger partial charge in [-0.2, -0.15) is 11.8 Å². The molecule has 1 unspecified atom stereocenters. The Morgan fingerprint density at radius 3 is 2.82 bits per heavy atom. The van der Waals surface area contributed by atoms with Crippen molar-refractivity contribution in [1.29, 1.82) is 0 Å². The van der Waals surface area contributed by atoms with Gasteiger partial charge in [-0.15, -0.1) is 12.6 Å². The quantitative estimate of drug-likeness (QED) is 0.313. The SMILES string of the molecule is CSCCCC(=O)OC(C)S. The summed E-state index contributed by atoms with van der Waals surface area (Å²) in [7, 11) is 0. The number of carbonyl (C=O) groups is 1. The molecule has 11 heavy (non-hydrogen) atoms. The second kappa shape index (κ2) is 6.85. The van der Waals surface area contributed by atoms with Crippen LogP contribution in [0.25, 0.3) is 0 Å². The largest absolute Gasteiger partial charge is 0.452 e. The van der Waals surface area contributed by atoms with Crippen LogP contribution in [0.15, 0.2) is 0 Å². The van der Waals surface area contributed by atoms with Crippen molar-refractivity contribution in [3.05, 3.63) is 0 Å². The van der Waals surface area contributed by atoms with Gasteiger partial charge in [-0.3, -0.25) is 4.79 Å². The predicted octanol–water partition coefficient (Wildman–Crippen LogP) is 1.95. The van der Waals surface area contributed by atoms with Gasteiger partial charge in [-0.25, -0.2) is 0 Å². The minimum Gasteiger partial charge on any atom is -0.452 e. The lowest BCUT2D eigenvalue weighted by molar-refractivity contribution is -0.144. The van der Waals surface area contributed by atoms with Gasteiger partial charge in [0.1, 0.15) is 5.44 Å². The zero-order chi connectivity index (χ0) is 8.69. The summed E-state index contributed by atoms with van der Waals surface area (Å²) in [4.78, 5) is 10.8. The summed E-state index contributed by atoms with van der Waals surface area (Å²) in [5.41, 5.74) is -0.281. The van der Waals surface area contributed by atoms with Gasteiger partial charge in [0.2, 0.25) is 0 Å². The van der Waals surface area contributed by atoms with Crippen LogP contribution < -0.4 is 0 Å². The molecule has 0 aliphatic carbocycles. The zero-order valence-corrected chi connectivity index (χ0v) is 8.58. The number of esters is 1. The van der Waals surface area contributed by atoms with E-state index in [1.807, 2.05) is 6.26 Å². The van der Waals surface area contributed by atoms with Gasteiger partial charge in [0.15, 0.2) is 0 Å². The van der Waals surface area contributed by atoms with Crippen molar-refractivity contribution in [3.63, 3.8) is 0 Å². The van der Waals surface area contributed by atoms with E-state index in [9.17, 15) is 4.79 Å². The highest BCUT2D eigenvalue weighted by atomic mass is 32.2. The Morgan fingerprint density at radius 2 is 2.36 bits per heavy atom. The number of hydrogen-bond acceptors (Lipinski definition) is 4. The number of carbonyl (C=O) groups excluding carboxylic acids is 1. The normalized spacial score (nSPS) is 12.6. The van der Waals surface area contributed by atoms with Crippen LogP contribution in [0, 0.1) is 0 Å². The van der Waals surface area contributed by atoms with Gasteiger partial charge in [-0.05, 0) is 25.4 Å². The lowest BCUT2D eigenvalue weighted by atomic mass is 10.3. The van der Waals surface area contributed by atoms with Crippen LogP contribution in [-0.4, -0.2) is 23.4 Å². The third-order valence-corrected chi connectivity index (χ3v) is 1.83. The van der Waals surface area contributed by atoms with E-state index in [-0.39, 0.29) is 11.4 Å². The molecule has 4 heteroatoms. The van der Waals surface area contributed by atoms with Crippen LogP contribution in [0.2, 0.25) is 0 Å². The van der Waals surface area contributed by atoms with E-state index in [4.69, 9.17) is 4.74 Å². The molecule has 0 amide bonds.